The Labute approximate surface area is 140 Å². The zero-order valence-electron chi connectivity index (χ0n) is 14.0. The number of alkyl halides is 1. The van der Waals surface area contributed by atoms with E-state index in [-0.39, 0.29) is 30.0 Å². The number of carbonyl (C=O) groups is 2. The van der Waals surface area contributed by atoms with Crippen LogP contribution in [0.15, 0.2) is 23.8 Å². The Hall–Kier alpha value is -1.49. The van der Waals surface area contributed by atoms with Crippen LogP contribution in [-0.4, -0.2) is 34.2 Å². The van der Waals surface area contributed by atoms with Crippen LogP contribution < -0.4 is 0 Å². The molecule has 0 amide bonds. The van der Waals surface area contributed by atoms with E-state index in [2.05, 4.69) is 0 Å². The highest BCUT2D eigenvalue weighted by molar-refractivity contribution is 6.01. The lowest BCUT2D eigenvalue weighted by atomic mass is 9.46. The first-order chi connectivity index (χ1) is 11.2. The summed E-state index contributed by atoms with van der Waals surface area (Å²) in [5.41, 5.74) is -2.86. The number of aliphatic hydroxyl groups excluding tert-OH is 1. The van der Waals surface area contributed by atoms with Gasteiger partial charge in [-0.25, -0.2) is 4.39 Å². The standard InChI is InChI=1S/C19H23FO4/c1-17-8-7-12(21)9-11(17)3-4-14-13-5-6-16(23)24-18(13,2)10-15(22)19(14,17)20/h7-9,13-15,22H,3-6,10H2,1-2H3/t13-,14+,15+,17-,18+,19+/m0/s1. The minimum atomic E-state index is -1.85. The van der Waals surface area contributed by atoms with Gasteiger partial charge in [0.1, 0.15) is 5.60 Å². The van der Waals surface area contributed by atoms with Crippen molar-refractivity contribution in [3.63, 3.8) is 0 Å². The summed E-state index contributed by atoms with van der Waals surface area (Å²) in [4.78, 5) is 23.5. The van der Waals surface area contributed by atoms with Crippen molar-refractivity contribution >= 4 is 11.8 Å². The van der Waals surface area contributed by atoms with Gasteiger partial charge >= 0.3 is 5.97 Å². The molecule has 3 fully saturated rings. The molecule has 3 aliphatic carbocycles. The fraction of sp³-hybridized carbons (Fsp3) is 0.684. The predicted octanol–water partition coefficient (Wildman–Crippen LogP) is 2.65. The van der Waals surface area contributed by atoms with Crippen LogP contribution in [0.4, 0.5) is 4.39 Å². The highest BCUT2D eigenvalue weighted by Crippen LogP contribution is 2.64. The second-order valence-electron chi connectivity index (χ2n) is 8.17. The first kappa shape index (κ1) is 16.0. The molecule has 1 saturated heterocycles. The third-order valence-electron chi connectivity index (χ3n) is 6.98. The summed E-state index contributed by atoms with van der Waals surface area (Å²) < 4.78 is 22.1. The second-order valence-corrected chi connectivity index (χ2v) is 8.17. The molecule has 1 heterocycles. The lowest BCUT2D eigenvalue weighted by molar-refractivity contribution is -0.241. The smallest absolute Gasteiger partial charge is 0.306 e. The number of ketones is 1. The fourth-order valence-electron chi connectivity index (χ4n) is 5.74. The maximum Gasteiger partial charge on any atom is 0.306 e. The number of aliphatic hydroxyl groups is 1. The lowest BCUT2D eigenvalue weighted by Crippen LogP contribution is -2.69. The van der Waals surface area contributed by atoms with Gasteiger partial charge in [0.2, 0.25) is 0 Å². The van der Waals surface area contributed by atoms with E-state index in [0.29, 0.717) is 25.7 Å². The molecule has 6 atom stereocenters. The predicted molar refractivity (Wildman–Crippen MR) is 84.7 cm³/mol. The van der Waals surface area contributed by atoms with Gasteiger partial charge in [0.15, 0.2) is 11.5 Å². The van der Waals surface area contributed by atoms with E-state index in [0.717, 1.165) is 5.57 Å². The average Bonchev–Trinajstić information content (AvgIpc) is 2.49. The fourth-order valence-corrected chi connectivity index (χ4v) is 5.74. The summed E-state index contributed by atoms with van der Waals surface area (Å²) >= 11 is 0. The third-order valence-corrected chi connectivity index (χ3v) is 6.98. The van der Waals surface area contributed by atoms with Gasteiger partial charge in [-0.1, -0.05) is 11.6 Å². The summed E-state index contributed by atoms with van der Waals surface area (Å²) in [6.07, 6.45) is 5.53. The van der Waals surface area contributed by atoms with Crippen LogP contribution >= 0.6 is 0 Å². The number of ether oxygens (including phenoxy) is 1. The second kappa shape index (κ2) is 4.78. The van der Waals surface area contributed by atoms with Crippen molar-refractivity contribution in [1.29, 1.82) is 0 Å². The molecule has 1 aliphatic heterocycles. The Kier molecular flexibility index (Phi) is 3.19. The van der Waals surface area contributed by atoms with E-state index in [1.165, 1.54) is 12.2 Å². The van der Waals surface area contributed by atoms with Crippen LogP contribution in [0.25, 0.3) is 0 Å². The van der Waals surface area contributed by atoms with Crippen molar-refractivity contribution < 1.29 is 23.8 Å². The van der Waals surface area contributed by atoms with Crippen LogP contribution in [0, 0.1) is 17.3 Å². The molecule has 0 aromatic carbocycles. The van der Waals surface area contributed by atoms with Gasteiger partial charge in [0.05, 0.1) is 6.10 Å². The van der Waals surface area contributed by atoms with Crippen molar-refractivity contribution in [2.45, 2.75) is 63.3 Å². The minimum Gasteiger partial charge on any atom is -0.459 e. The summed E-state index contributed by atoms with van der Waals surface area (Å²) in [7, 11) is 0. The first-order valence-corrected chi connectivity index (χ1v) is 8.74. The van der Waals surface area contributed by atoms with Crippen molar-refractivity contribution in [2.24, 2.45) is 17.3 Å². The number of hydrogen-bond acceptors (Lipinski definition) is 4. The van der Waals surface area contributed by atoms with Gasteiger partial charge in [-0.15, -0.1) is 0 Å². The van der Waals surface area contributed by atoms with Crippen molar-refractivity contribution in [1.82, 2.24) is 0 Å². The van der Waals surface area contributed by atoms with Crippen molar-refractivity contribution in [3.05, 3.63) is 23.8 Å². The van der Waals surface area contributed by atoms with Gasteiger partial charge in [0.25, 0.3) is 0 Å². The summed E-state index contributed by atoms with van der Waals surface area (Å²) in [5, 5.41) is 10.8. The van der Waals surface area contributed by atoms with E-state index in [9.17, 15) is 14.7 Å². The molecular formula is C19H23FO4. The molecule has 4 aliphatic rings. The molecule has 24 heavy (non-hydrogen) atoms. The number of esters is 1. The van der Waals surface area contributed by atoms with Crippen LogP contribution in [-0.2, 0) is 14.3 Å². The SMILES string of the molecule is C[C@@]12C[C@@H](O)[C@]3(F)[C@H](CCC4=CC(=O)C=C[C@@]43C)[C@@H]1CCC(=O)O2. The molecule has 130 valence electrons. The number of carbonyl (C=O) groups excluding carboxylic acids is 2. The molecule has 1 N–H and O–H groups in total. The van der Waals surface area contributed by atoms with Gasteiger partial charge in [-0.05, 0) is 45.3 Å². The van der Waals surface area contributed by atoms with E-state index < -0.39 is 22.8 Å². The number of halogens is 1. The van der Waals surface area contributed by atoms with E-state index >= 15 is 4.39 Å². The summed E-state index contributed by atoms with van der Waals surface area (Å²) in [6, 6.07) is 0. The third kappa shape index (κ3) is 1.82. The van der Waals surface area contributed by atoms with E-state index in [1.54, 1.807) is 13.0 Å². The van der Waals surface area contributed by atoms with Crippen molar-refractivity contribution in [2.75, 3.05) is 0 Å². The molecule has 4 rings (SSSR count). The largest absolute Gasteiger partial charge is 0.459 e. The minimum absolute atomic E-state index is 0.0983. The van der Waals surface area contributed by atoms with Crippen LogP contribution in [0.1, 0.15) is 46.0 Å². The van der Waals surface area contributed by atoms with Gasteiger partial charge in [0, 0.05) is 30.1 Å². The normalized spacial score (nSPS) is 50.3. The first-order valence-electron chi connectivity index (χ1n) is 8.74. The van der Waals surface area contributed by atoms with Gasteiger partial charge < -0.3 is 9.84 Å². The zero-order chi connectivity index (χ0) is 17.3. The highest BCUT2D eigenvalue weighted by Gasteiger charge is 2.69. The van der Waals surface area contributed by atoms with Gasteiger partial charge in [-0.3, -0.25) is 9.59 Å². The topological polar surface area (TPSA) is 63.6 Å². The molecule has 0 spiro atoms. The quantitative estimate of drug-likeness (QED) is 0.692. The molecular weight excluding hydrogens is 311 g/mol. The maximum absolute atomic E-state index is 16.5. The zero-order valence-corrected chi connectivity index (χ0v) is 14.0. The molecule has 5 heteroatoms. The van der Waals surface area contributed by atoms with Crippen LogP contribution in [0.3, 0.4) is 0 Å². The number of allylic oxidation sites excluding steroid dienone is 4. The Morgan fingerprint density at radius 2 is 1.92 bits per heavy atom. The molecule has 0 aromatic rings. The Balaban J connectivity index is 1.81. The lowest BCUT2D eigenvalue weighted by Gasteiger charge is -2.62. The Morgan fingerprint density at radius 1 is 1.21 bits per heavy atom. The molecule has 0 unspecified atom stereocenters. The molecule has 2 saturated carbocycles. The van der Waals surface area contributed by atoms with Crippen LogP contribution in [0.2, 0.25) is 0 Å². The highest BCUT2D eigenvalue weighted by atomic mass is 19.1. The molecule has 0 bridgehead atoms. The average molecular weight is 334 g/mol. The van der Waals surface area contributed by atoms with E-state index in [4.69, 9.17) is 4.74 Å². The van der Waals surface area contributed by atoms with E-state index in [1.807, 2.05) is 6.92 Å². The Morgan fingerprint density at radius 3 is 2.67 bits per heavy atom. The molecule has 0 aromatic heterocycles. The van der Waals surface area contributed by atoms with Gasteiger partial charge in [-0.2, -0.15) is 0 Å². The maximum atomic E-state index is 16.5. The number of fused-ring (bicyclic) bond motifs is 5. The monoisotopic (exact) mass is 334 g/mol. The summed E-state index contributed by atoms with van der Waals surface area (Å²) in [5.74, 6) is -0.878. The van der Waals surface area contributed by atoms with Crippen LogP contribution in [0.5, 0.6) is 0 Å². The molecule has 0 radical (unpaired) electrons. The van der Waals surface area contributed by atoms with Crippen molar-refractivity contribution in [3.8, 4) is 0 Å². The number of hydrogen-bond donors (Lipinski definition) is 1. The summed E-state index contributed by atoms with van der Waals surface area (Å²) in [6.45, 7) is 3.61. The Bertz CT molecular complexity index is 683. The number of rotatable bonds is 0. The molecule has 4 nitrogen and oxygen atoms in total.